The SMILES string of the molecule is Cc1nc(C=Nn2c(=O)c(C3=NS(O)(O)c4ccccc4N3)c(O)c3ccccc32)cs1. The molecule has 0 saturated heterocycles. The minimum atomic E-state index is -3.57. The second-order valence-corrected chi connectivity index (χ2v) is 9.70. The molecule has 0 radical (unpaired) electrons. The predicted molar refractivity (Wildman–Crippen MR) is 127 cm³/mol. The summed E-state index contributed by atoms with van der Waals surface area (Å²) in [6.45, 7) is 1.87. The van der Waals surface area contributed by atoms with Gasteiger partial charge >= 0.3 is 0 Å². The number of benzene rings is 2. The number of aromatic hydroxyl groups is 1. The summed E-state index contributed by atoms with van der Waals surface area (Å²) in [5, 5.41) is 21.2. The standard InChI is InChI=1S/C21H17N5O4S2/c1-12-23-13(11-31-12)10-22-26-16-8-4-2-6-14(16)19(27)18(21(26)28)20-24-15-7-3-5-9-17(15)32(29,30)25-20/h2-11,27,29-30H,1H3,(H,24,25). The van der Waals surface area contributed by atoms with Crippen molar-refractivity contribution in [2.24, 2.45) is 9.50 Å². The highest BCUT2D eigenvalue weighted by Crippen LogP contribution is 2.55. The van der Waals surface area contributed by atoms with Crippen LogP contribution in [-0.4, -0.2) is 35.9 Å². The van der Waals surface area contributed by atoms with Crippen LogP contribution in [0.15, 0.2) is 73.1 Å². The van der Waals surface area contributed by atoms with Gasteiger partial charge in [0, 0.05) is 10.8 Å². The number of rotatable bonds is 3. The molecule has 11 heteroatoms. The van der Waals surface area contributed by atoms with Crippen LogP contribution in [0.4, 0.5) is 5.69 Å². The molecule has 0 aliphatic carbocycles. The molecule has 0 fully saturated rings. The van der Waals surface area contributed by atoms with E-state index < -0.39 is 16.3 Å². The molecule has 3 heterocycles. The van der Waals surface area contributed by atoms with Crippen molar-refractivity contribution in [2.75, 3.05) is 5.32 Å². The van der Waals surface area contributed by atoms with E-state index in [0.717, 1.165) is 9.68 Å². The van der Waals surface area contributed by atoms with Crippen molar-refractivity contribution in [2.45, 2.75) is 11.8 Å². The molecule has 0 saturated carbocycles. The van der Waals surface area contributed by atoms with E-state index in [1.54, 1.807) is 42.5 Å². The summed E-state index contributed by atoms with van der Waals surface area (Å²) in [5.41, 5.74) is 0.465. The number of nitrogens with one attached hydrogen (secondary N) is 1. The van der Waals surface area contributed by atoms with Gasteiger partial charge in [0.25, 0.3) is 5.56 Å². The van der Waals surface area contributed by atoms with Crippen molar-refractivity contribution in [3.8, 4) is 5.75 Å². The van der Waals surface area contributed by atoms with Gasteiger partial charge in [0.1, 0.15) is 16.2 Å². The Morgan fingerprint density at radius 2 is 1.91 bits per heavy atom. The molecule has 0 bridgehead atoms. The first-order chi connectivity index (χ1) is 15.3. The van der Waals surface area contributed by atoms with Crippen LogP contribution in [0.1, 0.15) is 16.3 Å². The van der Waals surface area contributed by atoms with Gasteiger partial charge in [0.15, 0.2) is 5.84 Å². The van der Waals surface area contributed by atoms with Crippen molar-refractivity contribution >= 4 is 50.8 Å². The van der Waals surface area contributed by atoms with E-state index in [-0.39, 0.29) is 22.0 Å². The largest absolute Gasteiger partial charge is 0.506 e. The molecule has 0 amide bonds. The topological polar surface area (TPSA) is 132 Å². The van der Waals surface area contributed by atoms with E-state index in [9.17, 15) is 19.0 Å². The first kappa shape index (κ1) is 20.4. The fourth-order valence-electron chi connectivity index (χ4n) is 3.44. The van der Waals surface area contributed by atoms with Crippen molar-refractivity contribution in [3.63, 3.8) is 0 Å². The Hall–Kier alpha value is -3.51. The van der Waals surface area contributed by atoms with Gasteiger partial charge in [0.05, 0.1) is 28.1 Å². The number of pyridine rings is 1. The van der Waals surface area contributed by atoms with Gasteiger partial charge in [-0.3, -0.25) is 13.9 Å². The lowest BCUT2D eigenvalue weighted by atomic mass is 10.1. The molecule has 0 atom stereocenters. The zero-order valence-corrected chi connectivity index (χ0v) is 18.3. The third kappa shape index (κ3) is 3.37. The van der Waals surface area contributed by atoms with Crippen molar-refractivity contribution < 1.29 is 14.2 Å². The highest BCUT2D eigenvalue weighted by atomic mass is 32.3. The Morgan fingerprint density at radius 1 is 1.16 bits per heavy atom. The molecule has 0 spiro atoms. The maximum absolute atomic E-state index is 13.4. The summed E-state index contributed by atoms with van der Waals surface area (Å²) in [4.78, 5) is 18.0. The number of nitrogens with zero attached hydrogens (tertiary/aromatic N) is 4. The number of hydrogen-bond acceptors (Lipinski definition) is 9. The lowest BCUT2D eigenvalue weighted by Gasteiger charge is -2.34. The highest BCUT2D eigenvalue weighted by Gasteiger charge is 2.30. The van der Waals surface area contributed by atoms with Gasteiger partial charge in [-0.1, -0.05) is 35.0 Å². The number of anilines is 1. The summed E-state index contributed by atoms with van der Waals surface area (Å²) < 4.78 is 26.2. The quantitative estimate of drug-likeness (QED) is 0.333. The molecular formula is C21H17N5O4S2. The number of fused-ring (bicyclic) bond motifs is 2. The summed E-state index contributed by atoms with van der Waals surface area (Å²) in [7, 11) is -3.57. The van der Waals surface area contributed by atoms with E-state index in [1.807, 2.05) is 12.3 Å². The van der Waals surface area contributed by atoms with Gasteiger partial charge in [-0.15, -0.1) is 15.7 Å². The number of aryl methyl sites for hydroxylation is 1. The zero-order chi connectivity index (χ0) is 22.5. The molecular weight excluding hydrogens is 450 g/mol. The molecule has 2 aromatic heterocycles. The molecule has 5 rings (SSSR count). The number of amidine groups is 1. The minimum absolute atomic E-state index is 0.148. The molecule has 2 aromatic carbocycles. The van der Waals surface area contributed by atoms with E-state index in [0.29, 0.717) is 22.3 Å². The maximum atomic E-state index is 13.4. The first-order valence-corrected chi connectivity index (χ1v) is 11.8. The van der Waals surface area contributed by atoms with Gasteiger partial charge in [-0.2, -0.15) is 9.78 Å². The molecule has 1 aliphatic heterocycles. The second kappa shape index (κ2) is 7.57. The number of para-hydroxylation sites is 2. The average molecular weight is 468 g/mol. The zero-order valence-electron chi connectivity index (χ0n) is 16.6. The van der Waals surface area contributed by atoms with Crippen LogP contribution >= 0.6 is 22.1 Å². The van der Waals surface area contributed by atoms with Crippen LogP contribution in [0.3, 0.4) is 0 Å². The Labute approximate surface area is 187 Å². The molecule has 0 unspecified atom stereocenters. The summed E-state index contributed by atoms with van der Waals surface area (Å²) >= 11 is 1.46. The van der Waals surface area contributed by atoms with Crippen molar-refractivity contribution in [1.82, 2.24) is 9.66 Å². The Bertz CT molecular complexity index is 1490. The Kier molecular flexibility index (Phi) is 4.82. The smallest absolute Gasteiger partial charge is 0.286 e. The maximum Gasteiger partial charge on any atom is 0.286 e. The van der Waals surface area contributed by atoms with Crippen molar-refractivity contribution in [3.05, 3.63) is 80.5 Å². The van der Waals surface area contributed by atoms with Gasteiger partial charge in [-0.25, -0.2) is 4.98 Å². The van der Waals surface area contributed by atoms with Crippen LogP contribution in [0.2, 0.25) is 0 Å². The minimum Gasteiger partial charge on any atom is -0.506 e. The number of hydrogen-bond donors (Lipinski definition) is 4. The summed E-state index contributed by atoms with van der Waals surface area (Å²) in [5.74, 6) is -0.479. The molecule has 4 N–H and O–H groups in total. The summed E-state index contributed by atoms with van der Waals surface area (Å²) in [6.07, 6.45) is 1.46. The average Bonchev–Trinajstić information content (AvgIpc) is 3.18. The number of thiazole rings is 1. The summed E-state index contributed by atoms with van der Waals surface area (Å²) in [6, 6.07) is 13.3. The molecule has 4 aromatic rings. The first-order valence-electron chi connectivity index (χ1n) is 9.43. The Balaban J connectivity index is 1.74. The predicted octanol–water partition coefficient (Wildman–Crippen LogP) is 4.25. The normalized spacial score (nSPS) is 15.9. The fraction of sp³-hybridized carbons (Fsp3) is 0.0476. The molecule has 162 valence electrons. The van der Waals surface area contributed by atoms with E-state index >= 15 is 0 Å². The fourth-order valence-corrected chi connectivity index (χ4v) is 5.17. The molecule has 1 aliphatic rings. The van der Waals surface area contributed by atoms with Crippen molar-refractivity contribution in [1.29, 1.82) is 0 Å². The van der Waals surface area contributed by atoms with Crippen LogP contribution in [0.25, 0.3) is 10.9 Å². The van der Waals surface area contributed by atoms with Crippen LogP contribution in [-0.2, 0) is 0 Å². The number of aromatic nitrogens is 2. The lowest BCUT2D eigenvalue weighted by Crippen LogP contribution is -2.31. The highest BCUT2D eigenvalue weighted by molar-refractivity contribution is 8.23. The second-order valence-electron chi connectivity index (χ2n) is 6.97. The van der Waals surface area contributed by atoms with E-state index in [2.05, 4.69) is 19.8 Å². The van der Waals surface area contributed by atoms with E-state index in [4.69, 9.17) is 0 Å². The van der Waals surface area contributed by atoms with Crippen LogP contribution < -0.4 is 10.9 Å². The van der Waals surface area contributed by atoms with Crippen LogP contribution in [0.5, 0.6) is 5.75 Å². The molecule has 32 heavy (non-hydrogen) atoms. The third-order valence-electron chi connectivity index (χ3n) is 4.86. The third-order valence-corrected chi connectivity index (χ3v) is 7.04. The lowest BCUT2D eigenvalue weighted by molar-refractivity contribution is 0.478. The van der Waals surface area contributed by atoms with E-state index in [1.165, 1.54) is 23.6 Å². The molecule has 9 nitrogen and oxygen atoms in total. The van der Waals surface area contributed by atoms with Gasteiger partial charge in [0.2, 0.25) is 0 Å². The Morgan fingerprint density at radius 3 is 2.69 bits per heavy atom. The van der Waals surface area contributed by atoms with Crippen LogP contribution in [0, 0.1) is 6.92 Å². The monoisotopic (exact) mass is 467 g/mol. The van der Waals surface area contributed by atoms with Gasteiger partial charge < -0.3 is 10.4 Å². The van der Waals surface area contributed by atoms with Gasteiger partial charge in [-0.05, 0) is 31.2 Å².